The summed E-state index contributed by atoms with van der Waals surface area (Å²) in [5.74, 6) is 0.274. The van der Waals surface area contributed by atoms with Gasteiger partial charge in [-0.1, -0.05) is 43.7 Å². The third-order valence-corrected chi connectivity index (χ3v) is 6.45. The van der Waals surface area contributed by atoms with Crippen molar-refractivity contribution in [3.8, 4) is 11.1 Å². The number of benzene rings is 1. The molecular formula is C24H28N2O2. The molecule has 0 N–H and O–H groups in total. The lowest BCUT2D eigenvalue weighted by molar-refractivity contribution is -0.000523. The van der Waals surface area contributed by atoms with E-state index in [0.29, 0.717) is 18.1 Å². The highest BCUT2D eigenvalue weighted by Gasteiger charge is 2.46. The van der Waals surface area contributed by atoms with Crippen LogP contribution in [0.1, 0.15) is 36.5 Å². The van der Waals surface area contributed by atoms with Crippen molar-refractivity contribution in [2.75, 3.05) is 26.2 Å². The highest BCUT2D eigenvalue weighted by atomic mass is 16.5. The third kappa shape index (κ3) is 3.49. The van der Waals surface area contributed by atoms with Gasteiger partial charge in [-0.2, -0.15) is 0 Å². The maximum absolute atomic E-state index is 13.0. The maximum Gasteiger partial charge on any atom is 0.338 e. The molecule has 2 fully saturated rings. The maximum atomic E-state index is 13.0. The van der Waals surface area contributed by atoms with Gasteiger partial charge in [0.2, 0.25) is 0 Å². The quantitative estimate of drug-likeness (QED) is 0.566. The van der Waals surface area contributed by atoms with Crippen molar-refractivity contribution in [3.63, 3.8) is 0 Å². The molecule has 146 valence electrons. The van der Waals surface area contributed by atoms with Crippen LogP contribution in [0.2, 0.25) is 0 Å². The number of carbonyl (C=O) groups is 1. The second-order valence-electron chi connectivity index (χ2n) is 8.08. The first-order valence-corrected chi connectivity index (χ1v) is 10.2. The molecule has 4 rings (SSSR count). The molecule has 2 atom stereocenters. The Kier molecular flexibility index (Phi) is 5.31. The topological polar surface area (TPSA) is 42.4 Å². The minimum absolute atomic E-state index is 0.0988. The summed E-state index contributed by atoms with van der Waals surface area (Å²) in [6, 6.07) is 11.5. The summed E-state index contributed by atoms with van der Waals surface area (Å²) in [4.78, 5) is 19.6. The van der Waals surface area contributed by atoms with Crippen LogP contribution in [0.5, 0.6) is 0 Å². The van der Waals surface area contributed by atoms with E-state index in [1.807, 2.05) is 36.4 Å². The number of carbonyl (C=O) groups excluding carboxylic acids is 1. The summed E-state index contributed by atoms with van der Waals surface area (Å²) >= 11 is 0. The Balaban J connectivity index is 1.54. The van der Waals surface area contributed by atoms with Gasteiger partial charge >= 0.3 is 5.97 Å². The molecule has 2 heterocycles. The van der Waals surface area contributed by atoms with Gasteiger partial charge in [0.1, 0.15) is 6.61 Å². The van der Waals surface area contributed by atoms with E-state index < -0.39 is 0 Å². The average Bonchev–Trinajstić information content (AvgIpc) is 2.73. The average molecular weight is 377 g/mol. The Morgan fingerprint density at radius 1 is 1.29 bits per heavy atom. The van der Waals surface area contributed by atoms with E-state index >= 15 is 0 Å². The van der Waals surface area contributed by atoms with Gasteiger partial charge in [0.25, 0.3) is 0 Å². The zero-order valence-electron chi connectivity index (χ0n) is 16.6. The molecule has 28 heavy (non-hydrogen) atoms. The Morgan fingerprint density at radius 2 is 2.07 bits per heavy atom. The van der Waals surface area contributed by atoms with Crippen molar-refractivity contribution in [1.82, 2.24) is 9.88 Å². The number of hydrogen-bond donors (Lipinski definition) is 0. The normalized spacial score (nSPS) is 24.8. The number of fused-ring (bicyclic) bond motifs is 2. The van der Waals surface area contributed by atoms with Gasteiger partial charge in [0, 0.05) is 30.9 Å². The van der Waals surface area contributed by atoms with Crippen LogP contribution < -0.4 is 0 Å². The zero-order valence-corrected chi connectivity index (χ0v) is 16.6. The van der Waals surface area contributed by atoms with E-state index in [1.54, 1.807) is 12.4 Å². The number of nitrogens with zero attached hydrogens (tertiary/aromatic N) is 2. The van der Waals surface area contributed by atoms with Crippen molar-refractivity contribution in [2.45, 2.75) is 26.2 Å². The summed E-state index contributed by atoms with van der Waals surface area (Å²) < 4.78 is 5.93. The van der Waals surface area contributed by atoms with Gasteiger partial charge in [0.15, 0.2) is 0 Å². The molecule has 1 aromatic carbocycles. The summed E-state index contributed by atoms with van der Waals surface area (Å²) in [5, 5.41) is 0. The summed E-state index contributed by atoms with van der Waals surface area (Å²) in [6.45, 7) is 10.1. The van der Waals surface area contributed by atoms with Crippen LogP contribution >= 0.6 is 0 Å². The van der Waals surface area contributed by atoms with Gasteiger partial charge < -0.3 is 9.64 Å². The Bertz CT molecular complexity index is 864. The summed E-state index contributed by atoms with van der Waals surface area (Å²) in [5.41, 5.74) is 3.65. The van der Waals surface area contributed by atoms with Crippen LogP contribution in [-0.4, -0.2) is 42.1 Å². The first kappa shape index (κ1) is 18.9. The van der Waals surface area contributed by atoms with E-state index in [2.05, 4.69) is 23.4 Å². The lowest BCUT2D eigenvalue weighted by Crippen LogP contribution is -2.53. The lowest BCUT2D eigenvalue weighted by atomic mass is 9.63. The molecule has 2 bridgehead atoms. The number of aromatic nitrogens is 1. The third-order valence-electron chi connectivity index (χ3n) is 6.45. The number of piperidine rings is 1. The van der Waals surface area contributed by atoms with Crippen LogP contribution in [0.4, 0.5) is 0 Å². The van der Waals surface area contributed by atoms with Crippen LogP contribution in [0.3, 0.4) is 0 Å². The van der Waals surface area contributed by atoms with Crippen molar-refractivity contribution in [1.29, 1.82) is 0 Å². The van der Waals surface area contributed by atoms with Gasteiger partial charge in [-0.3, -0.25) is 4.98 Å². The minimum Gasteiger partial charge on any atom is -0.461 e. The second-order valence-corrected chi connectivity index (χ2v) is 8.08. The molecule has 0 unspecified atom stereocenters. The molecule has 1 aliphatic carbocycles. The number of pyridine rings is 1. The molecule has 2 aliphatic rings. The molecule has 0 spiro atoms. The van der Waals surface area contributed by atoms with E-state index in [9.17, 15) is 4.79 Å². The molecule has 4 heteroatoms. The van der Waals surface area contributed by atoms with Crippen molar-refractivity contribution in [3.05, 3.63) is 66.5 Å². The molecule has 2 aromatic rings. The second kappa shape index (κ2) is 7.88. The van der Waals surface area contributed by atoms with Crippen molar-refractivity contribution < 1.29 is 9.53 Å². The van der Waals surface area contributed by atoms with Crippen LogP contribution in [0.15, 0.2) is 60.9 Å². The molecule has 0 amide bonds. The molecule has 4 nitrogen and oxygen atoms in total. The number of ether oxygens (including phenoxy) is 1. The molecule has 1 aromatic heterocycles. The SMILES string of the molecule is C=C1[C@@H]2CCC[C@@]1(COC(=O)c1ccccc1-c1ccncc1)CN(CC)C2. The fourth-order valence-corrected chi connectivity index (χ4v) is 4.82. The zero-order chi connectivity index (χ0) is 19.6. The minimum atomic E-state index is -0.259. The van der Waals surface area contributed by atoms with Gasteiger partial charge in [0.05, 0.1) is 5.56 Å². The van der Waals surface area contributed by atoms with Gasteiger partial charge in [-0.25, -0.2) is 4.79 Å². The van der Waals surface area contributed by atoms with E-state index in [4.69, 9.17) is 4.74 Å². The van der Waals surface area contributed by atoms with Crippen LogP contribution in [0, 0.1) is 11.3 Å². The van der Waals surface area contributed by atoms with E-state index in [1.165, 1.54) is 18.4 Å². The Hall–Kier alpha value is -2.46. The molecule has 1 saturated carbocycles. The monoisotopic (exact) mass is 376 g/mol. The highest BCUT2D eigenvalue weighted by Crippen LogP contribution is 2.47. The first-order chi connectivity index (χ1) is 13.6. The standard InChI is InChI=1S/C24H28N2O2/c1-3-26-15-20-7-6-12-24(16-26,18(20)2)17-28-23(27)22-9-5-4-8-21(22)19-10-13-25-14-11-19/h4-5,8-11,13-14,20H,2-3,6-7,12,15-17H2,1H3/t20-,24+/m1/s1. The predicted molar refractivity (Wildman–Crippen MR) is 111 cm³/mol. The van der Waals surface area contributed by atoms with Gasteiger partial charge in [-0.05, 0) is 54.6 Å². The van der Waals surface area contributed by atoms with E-state index in [-0.39, 0.29) is 11.4 Å². The predicted octanol–water partition coefficient (Wildman–Crippen LogP) is 4.58. The lowest BCUT2D eigenvalue weighted by Gasteiger charge is -2.51. The number of rotatable bonds is 5. The number of likely N-dealkylation sites (tertiary alicyclic amines) is 1. The fraction of sp³-hybridized carbons (Fsp3) is 0.417. The fourth-order valence-electron chi connectivity index (χ4n) is 4.82. The molecule has 0 radical (unpaired) electrons. The van der Waals surface area contributed by atoms with E-state index in [0.717, 1.165) is 37.2 Å². The largest absolute Gasteiger partial charge is 0.461 e. The van der Waals surface area contributed by atoms with Gasteiger partial charge in [-0.15, -0.1) is 0 Å². The van der Waals surface area contributed by atoms with Crippen molar-refractivity contribution in [2.24, 2.45) is 11.3 Å². The summed E-state index contributed by atoms with van der Waals surface area (Å²) in [6.07, 6.45) is 6.92. The Morgan fingerprint density at radius 3 is 2.86 bits per heavy atom. The summed E-state index contributed by atoms with van der Waals surface area (Å²) in [7, 11) is 0. The number of hydrogen-bond acceptors (Lipinski definition) is 4. The van der Waals surface area contributed by atoms with Crippen LogP contribution in [-0.2, 0) is 4.74 Å². The molecule has 1 saturated heterocycles. The van der Waals surface area contributed by atoms with Crippen LogP contribution in [0.25, 0.3) is 11.1 Å². The smallest absolute Gasteiger partial charge is 0.338 e. The first-order valence-electron chi connectivity index (χ1n) is 10.2. The number of esters is 1. The molecule has 1 aliphatic heterocycles. The molecular weight excluding hydrogens is 348 g/mol. The highest BCUT2D eigenvalue weighted by molar-refractivity contribution is 5.97. The van der Waals surface area contributed by atoms with Crippen molar-refractivity contribution >= 4 is 5.97 Å². The Labute approximate surface area is 167 Å².